The van der Waals surface area contributed by atoms with E-state index in [4.69, 9.17) is 4.74 Å². The fraction of sp³-hybridized carbons (Fsp3) is 0.519. The average Bonchev–Trinajstić information content (AvgIpc) is 3.38. The highest BCUT2D eigenvalue weighted by molar-refractivity contribution is 7.12. The highest BCUT2D eigenvalue weighted by Gasteiger charge is 2.49. The first-order chi connectivity index (χ1) is 18.7. The minimum atomic E-state index is -4.64. The Kier molecular flexibility index (Phi) is 8.10. The van der Waals surface area contributed by atoms with E-state index >= 15 is 0 Å². The number of esters is 1. The van der Waals surface area contributed by atoms with Crippen LogP contribution in [0.3, 0.4) is 0 Å². The molecule has 2 aliphatic rings. The largest absolute Gasteiger partial charge is 0.469 e. The van der Waals surface area contributed by atoms with Crippen molar-refractivity contribution < 1.29 is 32.6 Å². The number of carbonyl (C=O) groups is 2. The molecule has 3 N–H and O–H groups in total. The van der Waals surface area contributed by atoms with Gasteiger partial charge in [0.25, 0.3) is 0 Å². The molecule has 2 aromatic heterocycles. The van der Waals surface area contributed by atoms with Crippen LogP contribution in [0, 0.1) is 11.3 Å². The predicted molar refractivity (Wildman–Crippen MR) is 143 cm³/mol. The van der Waals surface area contributed by atoms with E-state index in [-0.39, 0.29) is 30.3 Å². The van der Waals surface area contributed by atoms with E-state index in [0.717, 1.165) is 17.1 Å². The maximum absolute atomic E-state index is 13.2. The number of rotatable bonds is 7. The van der Waals surface area contributed by atoms with Gasteiger partial charge in [0, 0.05) is 25.9 Å². The summed E-state index contributed by atoms with van der Waals surface area (Å²) < 4.78 is 44.7. The van der Waals surface area contributed by atoms with Crippen molar-refractivity contribution >= 4 is 34.7 Å². The van der Waals surface area contributed by atoms with Crippen LogP contribution >= 0.6 is 11.3 Å². The molecule has 0 saturated heterocycles. The highest BCUT2D eigenvalue weighted by Crippen LogP contribution is 2.51. The molecule has 0 radical (unpaired) electrons. The van der Waals surface area contributed by atoms with Gasteiger partial charge in [-0.25, -0.2) is 15.0 Å². The van der Waals surface area contributed by atoms with E-state index in [1.54, 1.807) is 6.20 Å². The van der Waals surface area contributed by atoms with Gasteiger partial charge in [-0.15, -0.1) is 11.3 Å². The lowest BCUT2D eigenvalue weighted by Crippen LogP contribution is -2.48. The Morgan fingerprint density at radius 1 is 1.27 bits per heavy atom. The molecule has 4 rings (SSSR count). The van der Waals surface area contributed by atoms with Gasteiger partial charge in [-0.05, 0) is 48.8 Å². The van der Waals surface area contributed by atoms with E-state index < -0.39 is 28.4 Å². The number of hydrogen-bond acceptors (Lipinski definition) is 9. The lowest BCUT2D eigenvalue weighted by Gasteiger charge is -2.44. The zero-order valence-corrected chi connectivity index (χ0v) is 23.4. The van der Waals surface area contributed by atoms with Gasteiger partial charge in [-0.2, -0.15) is 13.2 Å². The van der Waals surface area contributed by atoms with E-state index in [1.807, 2.05) is 32.1 Å². The molecule has 0 aromatic carbocycles. The molecular weight excluding hydrogens is 547 g/mol. The first-order valence-electron chi connectivity index (χ1n) is 12.8. The van der Waals surface area contributed by atoms with E-state index in [9.17, 15) is 27.9 Å². The fourth-order valence-corrected chi connectivity index (χ4v) is 6.44. The van der Waals surface area contributed by atoms with Crippen molar-refractivity contribution in [2.75, 3.05) is 19.0 Å². The summed E-state index contributed by atoms with van der Waals surface area (Å²) in [4.78, 5) is 36.9. The third-order valence-corrected chi connectivity index (χ3v) is 8.62. The number of halogens is 3. The Balaban J connectivity index is 1.63. The molecule has 2 heterocycles. The summed E-state index contributed by atoms with van der Waals surface area (Å²) >= 11 is 1.31. The van der Waals surface area contributed by atoms with Crippen molar-refractivity contribution in [3.8, 4) is 0 Å². The van der Waals surface area contributed by atoms with Crippen molar-refractivity contribution in [1.29, 1.82) is 0 Å². The lowest BCUT2D eigenvalue weighted by molar-refractivity contribution is -0.157. The van der Waals surface area contributed by atoms with Gasteiger partial charge in [0.05, 0.1) is 23.4 Å². The van der Waals surface area contributed by atoms with Crippen molar-refractivity contribution in [3.05, 3.63) is 52.3 Å². The van der Waals surface area contributed by atoms with Crippen molar-refractivity contribution in [3.63, 3.8) is 0 Å². The molecule has 2 aliphatic carbocycles. The van der Waals surface area contributed by atoms with Crippen molar-refractivity contribution in [2.45, 2.75) is 63.8 Å². The molecule has 1 fully saturated rings. The Hall–Kier alpha value is -3.32. The predicted octanol–water partition coefficient (Wildman–Crippen LogP) is 4.47. The number of ether oxygens (including phenoxy) is 1. The van der Waals surface area contributed by atoms with Crippen LogP contribution < -0.4 is 10.6 Å². The normalized spacial score (nSPS) is 26.1. The van der Waals surface area contributed by atoms with E-state index in [1.165, 1.54) is 25.4 Å². The number of alkyl halides is 3. The third-order valence-electron chi connectivity index (χ3n) is 7.38. The molecule has 3 atom stereocenters. The zero-order valence-electron chi connectivity index (χ0n) is 22.6. The van der Waals surface area contributed by atoms with Crippen LogP contribution in [0.15, 0.2) is 36.7 Å². The van der Waals surface area contributed by atoms with Crippen molar-refractivity contribution in [2.24, 2.45) is 11.3 Å². The van der Waals surface area contributed by atoms with E-state index in [0.29, 0.717) is 36.3 Å². The summed E-state index contributed by atoms with van der Waals surface area (Å²) in [5, 5.41) is 17.8. The number of carbonyl (C=O) groups excluding carboxylic acids is 2. The van der Waals surface area contributed by atoms with Gasteiger partial charge < -0.3 is 20.5 Å². The minimum absolute atomic E-state index is 0.0640. The average molecular weight is 580 g/mol. The number of thiazole rings is 1. The number of aliphatic hydroxyl groups is 1. The van der Waals surface area contributed by atoms with Crippen molar-refractivity contribution in [1.82, 2.24) is 20.3 Å². The second-order valence-electron chi connectivity index (χ2n) is 11.0. The molecule has 0 aliphatic heterocycles. The third kappa shape index (κ3) is 6.35. The first-order valence-corrected chi connectivity index (χ1v) is 13.6. The van der Waals surface area contributed by atoms with Crippen LogP contribution in [0.2, 0.25) is 0 Å². The van der Waals surface area contributed by atoms with Crippen LogP contribution in [0.25, 0.3) is 5.57 Å². The Labute approximate surface area is 234 Å². The standard InChI is InChI=1S/C27H32F3N5O4S/c1-16(36)33-15-25(35-23-31-11-8-20(34-23)27(28,29)30)9-5-6-17(12-25)19-13-32-22(40-19)26(38)10-7-18(21(37)39-4)24(2,3)14-26/h5-6,8,11-13,18,38H,7,9-10,14-15H2,1-4H3,(H,33,36)(H,31,34,35)/t18-,25?,26-/m1/s1. The summed E-state index contributed by atoms with van der Waals surface area (Å²) in [5.74, 6) is -1.16. The molecule has 1 saturated carbocycles. The molecular formula is C27H32F3N5O4S. The van der Waals surface area contributed by atoms with Gasteiger partial charge in [-0.1, -0.05) is 26.0 Å². The monoisotopic (exact) mass is 579 g/mol. The summed E-state index contributed by atoms with van der Waals surface area (Å²) in [6, 6.07) is 0.789. The summed E-state index contributed by atoms with van der Waals surface area (Å²) in [5.41, 5.74) is -3.14. The van der Waals surface area contributed by atoms with Gasteiger partial charge in [-0.3, -0.25) is 9.59 Å². The number of hydrogen-bond donors (Lipinski definition) is 3. The van der Waals surface area contributed by atoms with Crippen LogP contribution in [0.5, 0.6) is 0 Å². The molecule has 9 nitrogen and oxygen atoms in total. The Bertz CT molecular complexity index is 1340. The number of nitrogens with one attached hydrogen (secondary N) is 2. The van der Waals surface area contributed by atoms with Crippen LogP contribution in [-0.4, -0.2) is 51.1 Å². The van der Waals surface area contributed by atoms with Gasteiger partial charge in [0.2, 0.25) is 11.9 Å². The molecule has 0 bridgehead atoms. The topological polar surface area (TPSA) is 126 Å². The summed E-state index contributed by atoms with van der Waals surface area (Å²) in [6.45, 7) is 5.27. The number of amides is 1. The van der Waals surface area contributed by atoms with Crippen LogP contribution in [0.4, 0.5) is 19.1 Å². The second kappa shape index (κ2) is 10.9. The molecule has 2 aromatic rings. The molecule has 40 heavy (non-hydrogen) atoms. The Morgan fingerprint density at radius 3 is 2.67 bits per heavy atom. The van der Waals surface area contributed by atoms with Gasteiger partial charge in [0.15, 0.2) is 0 Å². The highest BCUT2D eigenvalue weighted by atomic mass is 32.1. The quantitative estimate of drug-likeness (QED) is 0.411. The first kappa shape index (κ1) is 29.7. The molecule has 13 heteroatoms. The molecule has 216 valence electrons. The number of anilines is 1. The number of allylic oxidation sites excluding steroid dienone is 2. The second-order valence-corrected chi connectivity index (χ2v) is 12.0. The van der Waals surface area contributed by atoms with E-state index in [2.05, 4.69) is 25.6 Å². The minimum Gasteiger partial charge on any atom is -0.469 e. The molecule has 1 amide bonds. The van der Waals surface area contributed by atoms with Gasteiger partial charge >= 0.3 is 12.1 Å². The SMILES string of the molecule is COC(=O)[C@H]1CC[C@](O)(c2ncc(C3=CC(CNC(C)=O)(Nc4nccc(C(F)(F)F)n4)CC=C3)s2)CC1(C)C. The summed E-state index contributed by atoms with van der Waals surface area (Å²) in [6.07, 6.45) is 5.01. The van der Waals surface area contributed by atoms with Crippen LogP contribution in [-0.2, 0) is 26.1 Å². The number of methoxy groups -OCH3 is 1. The smallest absolute Gasteiger partial charge is 0.433 e. The maximum atomic E-state index is 13.2. The molecule has 1 unspecified atom stereocenters. The molecule has 0 spiro atoms. The maximum Gasteiger partial charge on any atom is 0.433 e. The van der Waals surface area contributed by atoms with Gasteiger partial charge in [0.1, 0.15) is 16.3 Å². The zero-order chi connectivity index (χ0) is 29.3. The summed E-state index contributed by atoms with van der Waals surface area (Å²) in [7, 11) is 1.36. The fourth-order valence-electron chi connectivity index (χ4n) is 5.41. The number of nitrogens with zero attached hydrogens (tertiary/aromatic N) is 3. The Morgan fingerprint density at radius 2 is 2.02 bits per heavy atom. The number of aromatic nitrogens is 3. The van der Waals surface area contributed by atoms with Crippen LogP contribution in [0.1, 0.15) is 62.0 Å². The lowest BCUT2D eigenvalue weighted by atomic mass is 9.63.